The van der Waals surface area contributed by atoms with Crippen molar-refractivity contribution in [1.29, 1.82) is 0 Å². The van der Waals surface area contributed by atoms with E-state index in [1.165, 1.54) is 0 Å². The number of amides is 2. The number of likely N-dealkylation sites (tertiary alicyclic amines) is 1. The van der Waals surface area contributed by atoms with Gasteiger partial charge in [-0.3, -0.25) is 9.59 Å². The predicted octanol–water partition coefficient (Wildman–Crippen LogP) is 0.361. The lowest BCUT2D eigenvalue weighted by Gasteiger charge is -2.35. The molecule has 2 N–H and O–H groups in total. The number of hydrogen-bond acceptors (Lipinski definition) is 3. The van der Waals surface area contributed by atoms with Gasteiger partial charge in [0.25, 0.3) is 0 Å². The van der Waals surface area contributed by atoms with Crippen molar-refractivity contribution in [3.05, 3.63) is 0 Å². The molecule has 2 saturated heterocycles. The Morgan fingerprint density at radius 3 is 2.58 bits per heavy atom. The van der Waals surface area contributed by atoms with Gasteiger partial charge in [0.05, 0.1) is 5.92 Å². The Bertz CT molecular complexity index is 319. The maximum Gasteiger partial charge on any atom is 0.226 e. The van der Waals surface area contributed by atoms with E-state index in [-0.39, 0.29) is 11.8 Å². The Morgan fingerprint density at radius 1 is 1.26 bits per heavy atom. The number of nitrogens with one attached hydrogen (secondary N) is 2. The molecule has 5 nitrogen and oxygen atoms in total. The van der Waals surface area contributed by atoms with Gasteiger partial charge in [-0.25, -0.2) is 0 Å². The SMILES string of the molecule is CC(=O)NCC1CCN(C(=O)C2CCCNC2)CC1. The molecule has 2 fully saturated rings. The van der Waals surface area contributed by atoms with Crippen LogP contribution in [0.2, 0.25) is 0 Å². The molecule has 1 atom stereocenters. The van der Waals surface area contributed by atoms with Crippen molar-refractivity contribution in [3.8, 4) is 0 Å². The van der Waals surface area contributed by atoms with Gasteiger partial charge < -0.3 is 15.5 Å². The summed E-state index contributed by atoms with van der Waals surface area (Å²) in [6, 6.07) is 0. The Balaban J connectivity index is 1.72. The molecule has 2 heterocycles. The quantitative estimate of drug-likeness (QED) is 0.776. The molecule has 2 amide bonds. The van der Waals surface area contributed by atoms with Crippen LogP contribution in [0.4, 0.5) is 0 Å². The molecule has 1 unspecified atom stereocenters. The Labute approximate surface area is 115 Å². The average molecular weight is 267 g/mol. The van der Waals surface area contributed by atoms with Gasteiger partial charge >= 0.3 is 0 Å². The lowest BCUT2D eigenvalue weighted by Crippen LogP contribution is -2.47. The van der Waals surface area contributed by atoms with Crippen molar-refractivity contribution >= 4 is 11.8 Å². The smallest absolute Gasteiger partial charge is 0.226 e. The minimum absolute atomic E-state index is 0.0341. The van der Waals surface area contributed by atoms with Crippen LogP contribution in [0.25, 0.3) is 0 Å². The van der Waals surface area contributed by atoms with Crippen LogP contribution in [-0.4, -0.2) is 49.4 Å². The molecule has 0 spiro atoms. The molecule has 0 aromatic heterocycles. The standard InChI is InChI=1S/C14H25N3O2/c1-11(18)16-9-12-4-7-17(8-5-12)14(19)13-3-2-6-15-10-13/h12-13,15H,2-10H2,1H3,(H,16,18). The molecule has 0 radical (unpaired) electrons. The normalized spacial score (nSPS) is 25.1. The van der Waals surface area contributed by atoms with Crippen LogP contribution >= 0.6 is 0 Å². The number of carbonyl (C=O) groups excluding carboxylic acids is 2. The summed E-state index contributed by atoms with van der Waals surface area (Å²) in [6.45, 7) is 5.88. The first-order valence-corrected chi connectivity index (χ1v) is 7.40. The molecule has 0 aromatic carbocycles. The zero-order chi connectivity index (χ0) is 13.7. The molecule has 0 aliphatic carbocycles. The number of piperidine rings is 2. The highest BCUT2D eigenvalue weighted by Crippen LogP contribution is 2.20. The van der Waals surface area contributed by atoms with Crippen LogP contribution in [0.15, 0.2) is 0 Å². The predicted molar refractivity (Wildman–Crippen MR) is 73.6 cm³/mol. The molecular formula is C14H25N3O2. The highest BCUT2D eigenvalue weighted by Gasteiger charge is 2.28. The molecule has 0 bridgehead atoms. The van der Waals surface area contributed by atoms with E-state index < -0.39 is 0 Å². The van der Waals surface area contributed by atoms with Gasteiger partial charge in [-0.2, -0.15) is 0 Å². The summed E-state index contributed by atoms with van der Waals surface area (Å²) in [6.07, 6.45) is 4.14. The van der Waals surface area contributed by atoms with E-state index in [1.54, 1.807) is 6.92 Å². The number of hydrogen-bond donors (Lipinski definition) is 2. The Kier molecular flexibility index (Phi) is 5.19. The van der Waals surface area contributed by atoms with E-state index in [0.717, 1.165) is 58.4 Å². The minimum Gasteiger partial charge on any atom is -0.356 e. The van der Waals surface area contributed by atoms with Gasteiger partial charge in [0.2, 0.25) is 11.8 Å². The molecule has 2 rings (SSSR count). The lowest BCUT2D eigenvalue weighted by atomic mass is 9.93. The first-order valence-electron chi connectivity index (χ1n) is 7.40. The van der Waals surface area contributed by atoms with Crippen LogP contribution in [0.3, 0.4) is 0 Å². The van der Waals surface area contributed by atoms with E-state index in [1.807, 2.05) is 4.90 Å². The third kappa shape index (κ3) is 4.20. The summed E-state index contributed by atoms with van der Waals surface area (Å²) in [5.41, 5.74) is 0. The second-order valence-electron chi connectivity index (χ2n) is 5.75. The topological polar surface area (TPSA) is 61.4 Å². The van der Waals surface area contributed by atoms with E-state index in [9.17, 15) is 9.59 Å². The van der Waals surface area contributed by atoms with Crippen molar-refractivity contribution in [2.45, 2.75) is 32.6 Å². The first-order chi connectivity index (χ1) is 9.16. The first kappa shape index (κ1) is 14.3. The zero-order valence-electron chi connectivity index (χ0n) is 11.8. The van der Waals surface area contributed by atoms with Crippen LogP contribution in [0.5, 0.6) is 0 Å². The van der Waals surface area contributed by atoms with Crippen molar-refractivity contribution in [1.82, 2.24) is 15.5 Å². The zero-order valence-corrected chi connectivity index (χ0v) is 11.8. The minimum atomic E-state index is 0.0341. The van der Waals surface area contributed by atoms with Crippen LogP contribution in [0.1, 0.15) is 32.6 Å². The van der Waals surface area contributed by atoms with Crippen molar-refractivity contribution in [2.24, 2.45) is 11.8 Å². The fraction of sp³-hybridized carbons (Fsp3) is 0.857. The molecule has 0 saturated carbocycles. The van der Waals surface area contributed by atoms with E-state index in [2.05, 4.69) is 10.6 Å². The van der Waals surface area contributed by atoms with Gasteiger partial charge in [-0.1, -0.05) is 0 Å². The van der Waals surface area contributed by atoms with Gasteiger partial charge in [-0.05, 0) is 38.1 Å². The third-order valence-corrected chi connectivity index (χ3v) is 4.21. The molecule has 2 aliphatic heterocycles. The second kappa shape index (κ2) is 6.89. The van der Waals surface area contributed by atoms with E-state index >= 15 is 0 Å². The fourth-order valence-corrected chi connectivity index (χ4v) is 2.97. The van der Waals surface area contributed by atoms with Crippen LogP contribution in [0, 0.1) is 11.8 Å². The number of carbonyl (C=O) groups is 2. The highest BCUT2D eigenvalue weighted by atomic mass is 16.2. The maximum atomic E-state index is 12.3. The van der Waals surface area contributed by atoms with Gasteiger partial charge in [0.1, 0.15) is 0 Å². The number of rotatable bonds is 3. The Morgan fingerprint density at radius 2 is 2.00 bits per heavy atom. The summed E-state index contributed by atoms with van der Waals surface area (Å²) in [5.74, 6) is 1.06. The number of nitrogens with zero attached hydrogens (tertiary/aromatic N) is 1. The average Bonchev–Trinajstić information content (AvgIpc) is 2.46. The van der Waals surface area contributed by atoms with Crippen LogP contribution < -0.4 is 10.6 Å². The molecule has 5 heteroatoms. The van der Waals surface area contributed by atoms with Gasteiger partial charge in [-0.15, -0.1) is 0 Å². The fourth-order valence-electron chi connectivity index (χ4n) is 2.97. The largest absolute Gasteiger partial charge is 0.356 e. The van der Waals surface area contributed by atoms with Crippen molar-refractivity contribution in [3.63, 3.8) is 0 Å². The van der Waals surface area contributed by atoms with Gasteiger partial charge in [0, 0.05) is 33.1 Å². The molecular weight excluding hydrogens is 242 g/mol. The molecule has 2 aliphatic rings. The van der Waals surface area contributed by atoms with E-state index in [0.29, 0.717) is 11.8 Å². The summed E-state index contributed by atoms with van der Waals surface area (Å²) >= 11 is 0. The third-order valence-electron chi connectivity index (χ3n) is 4.21. The second-order valence-corrected chi connectivity index (χ2v) is 5.75. The molecule has 108 valence electrons. The van der Waals surface area contributed by atoms with Crippen LogP contribution in [-0.2, 0) is 9.59 Å². The van der Waals surface area contributed by atoms with E-state index in [4.69, 9.17) is 0 Å². The summed E-state index contributed by atoms with van der Waals surface area (Å²) in [5, 5.41) is 6.17. The monoisotopic (exact) mass is 267 g/mol. The summed E-state index contributed by atoms with van der Waals surface area (Å²) in [4.78, 5) is 25.2. The maximum absolute atomic E-state index is 12.3. The summed E-state index contributed by atoms with van der Waals surface area (Å²) < 4.78 is 0. The summed E-state index contributed by atoms with van der Waals surface area (Å²) in [7, 11) is 0. The van der Waals surface area contributed by atoms with Crippen molar-refractivity contribution in [2.75, 3.05) is 32.7 Å². The lowest BCUT2D eigenvalue weighted by molar-refractivity contribution is -0.137. The Hall–Kier alpha value is -1.10. The highest BCUT2D eigenvalue weighted by molar-refractivity contribution is 5.79. The molecule has 0 aromatic rings. The van der Waals surface area contributed by atoms with Gasteiger partial charge in [0.15, 0.2) is 0 Å². The van der Waals surface area contributed by atoms with Crippen molar-refractivity contribution < 1.29 is 9.59 Å². The molecule has 19 heavy (non-hydrogen) atoms.